The Balaban J connectivity index is 1.84. The summed E-state index contributed by atoms with van der Waals surface area (Å²) in [5.74, 6) is -0.246. The molecule has 0 atom stereocenters. The summed E-state index contributed by atoms with van der Waals surface area (Å²) < 4.78 is 19.3. The maximum absolute atomic E-state index is 13.7. The second kappa shape index (κ2) is 6.28. The highest BCUT2D eigenvalue weighted by Crippen LogP contribution is 2.30. The molecule has 1 aromatic heterocycles. The van der Waals surface area contributed by atoms with Crippen molar-refractivity contribution in [1.82, 2.24) is 10.3 Å². The quantitative estimate of drug-likeness (QED) is 0.765. The predicted molar refractivity (Wildman–Crippen MR) is 81.9 cm³/mol. The molecule has 3 rings (SSSR count). The van der Waals surface area contributed by atoms with Gasteiger partial charge in [0.1, 0.15) is 11.3 Å². The van der Waals surface area contributed by atoms with E-state index in [-0.39, 0.29) is 5.82 Å². The maximum atomic E-state index is 13.7. The van der Waals surface area contributed by atoms with Crippen LogP contribution in [0, 0.1) is 5.82 Å². The van der Waals surface area contributed by atoms with Crippen molar-refractivity contribution < 1.29 is 8.81 Å². The summed E-state index contributed by atoms with van der Waals surface area (Å²) in [4.78, 5) is 5.17. The summed E-state index contributed by atoms with van der Waals surface area (Å²) >= 11 is 1.33. The van der Waals surface area contributed by atoms with Gasteiger partial charge in [0, 0.05) is 11.4 Å². The Morgan fingerprint density at radius 2 is 2.10 bits per heavy atom. The van der Waals surface area contributed by atoms with Crippen LogP contribution < -0.4 is 5.32 Å². The predicted octanol–water partition coefficient (Wildman–Crippen LogP) is 4.23. The minimum atomic E-state index is -0.246. The lowest BCUT2D eigenvalue weighted by Crippen LogP contribution is -2.11. The number of nitrogens with one attached hydrogen (secondary N) is 1. The SMILES string of the molecule is CCNCc1cc(F)cc(Sc2nc3ccccc3o2)c1. The van der Waals surface area contributed by atoms with E-state index in [4.69, 9.17) is 4.42 Å². The lowest BCUT2D eigenvalue weighted by atomic mass is 10.2. The van der Waals surface area contributed by atoms with Gasteiger partial charge in [-0.1, -0.05) is 19.1 Å². The molecule has 5 heteroatoms. The fraction of sp³-hybridized carbons (Fsp3) is 0.188. The van der Waals surface area contributed by atoms with Gasteiger partial charge < -0.3 is 9.73 Å². The van der Waals surface area contributed by atoms with Crippen LogP contribution >= 0.6 is 11.8 Å². The van der Waals surface area contributed by atoms with E-state index in [2.05, 4.69) is 10.3 Å². The Hall–Kier alpha value is -1.85. The number of para-hydroxylation sites is 2. The lowest BCUT2D eigenvalue weighted by molar-refractivity contribution is 0.489. The number of oxazole rings is 1. The number of benzene rings is 2. The van der Waals surface area contributed by atoms with Gasteiger partial charge >= 0.3 is 0 Å². The van der Waals surface area contributed by atoms with Crippen molar-refractivity contribution in [3.8, 4) is 0 Å². The molecule has 108 valence electrons. The Morgan fingerprint density at radius 1 is 1.24 bits per heavy atom. The molecular weight excluding hydrogens is 287 g/mol. The third-order valence-corrected chi connectivity index (χ3v) is 3.81. The van der Waals surface area contributed by atoms with Crippen molar-refractivity contribution in [2.75, 3.05) is 6.54 Å². The molecule has 0 saturated heterocycles. The summed E-state index contributed by atoms with van der Waals surface area (Å²) in [6.07, 6.45) is 0. The normalized spacial score (nSPS) is 11.1. The summed E-state index contributed by atoms with van der Waals surface area (Å²) in [5.41, 5.74) is 2.46. The molecule has 0 saturated carbocycles. The molecule has 3 aromatic rings. The molecule has 3 nitrogen and oxygen atoms in total. The van der Waals surface area contributed by atoms with Gasteiger partial charge in [0.15, 0.2) is 5.58 Å². The first-order valence-corrected chi connectivity index (χ1v) is 7.60. The van der Waals surface area contributed by atoms with E-state index < -0.39 is 0 Å². The number of nitrogens with zero attached hydrogens (tertiary/aromatic N) is 1. The average Bonchev–Trinajstić information content (AvgIpc) is 2.86. The van der Waals surface area contributed by atoms with E-state index in [0.717, 1.165) is 28.1 Å². The van der Waals surface area contributed by atoms with E-state index in [1.807, 2.05) is 37.3 Å². The zero-order chi connectivity index (χ0) is 14.7. The number of hydrogen-bond acceptors (Lipinski definition) is 4. The Kier molecular flexibility index (Phi) is 4.22. The molecule has 0 spiro atoms. The maximum Gasteiger partial charge on any atom is 0.261 e. The van der Waals surface area contributed by atoms with E-state index in [9.17, 15) is 4.39 Å². The highest BCUT2D eigenvalue weighted by atomic mass is 32.2. The van der Waals surface area contributed by atoms with Gasteiger partial charge in [-0.2, -0.15) is 0 Å². The molecule has 0 fully saturated rings. The largest absolute Gasteiger partial charge is 0.431 e. The Morgan fingerprint density at radius 3 is 2.90 bits per heavy atom. The van der Waals surface area contributed by atoms with E-state index in [0.29, 0.717) is 11.8 Å². The molecule has 1 N–H and O–H groups in total. The molecule has 0 aliphatic rings. The summed E-state index contributed by atoms with van der Waals surface area (Å²) in [6.45, 7) is 3.52. The van der Waals surface area contributed by atoms with E-state index in [1.54, 1.807) is 6.07 Å². The van der Waals surface area contributed by atoms with Gasteiger partial charge in [-0.25, -0.2) is 9.37 Å². The monoisotopic (exact) mass is 302 g/mol. The standard InChI is InChI=1S/C16H15FN2OS/c1-2-18-10-11-7-12(17)9-13(8-11)21-16-19-14-5-3-4-6-15(14)20-16/h3-9,18H,2,10H2,1H3. The Bertz CT molecular complexity index is 724. The van der Waals surface area contributed by atoms with Gasteiger partial charge in [-0.05, 0) is 54.2 Å². The average molecular weight is 302 g/mol. The van der Waals surface area contributed by atoms with E-state index >= 15 is 0 Å². The van der Waals surface area contributed by atoms with Crippen molar-refractivity contribution in [2.24, 2.45) is 0 Å². The topological polar surface area (TPSA) is 38.1 Å². The smallest absolute Gasteiger partial charge is 0.261 e. The minimum Gasteiger partial charge on any atom is -0.431 e. The lowest BCUT2D eigenvalue weighted by Gasteiger charge is -2.05. The molecule has 0 aliphatic heterocycles. The van der Waals surface area contributed by atoms with Gasteiger partial charge in [-0.15, -0.1) is 0 Å². The first-order valence-electron chi connectivity index (χ1n) is 6.78. The number of hydrogen-bond donors (Lipinski definition) is 1. The van der Waals surface area contributed by atoms with Crippen molar-refractivity contribution >= 4 is 22.9 Å². The molecule has 0 amide bonds. The first-order chi connectivity index (χ1) is 10.2. The molecule has 0 bridgehead atoms. The van der Waals surface area contributed by atoms with Crippen LogP contribution in [0.3, 0.4) is 0 Å². The number of aromatic nitrogens is 1. The zero-order valence-electron chi connectivity index (χ0n) is 11.6. The Labute approximate surface area is 126 Å². The van der Waals surface area contributed by atoms with Crippen LogP contribution in [0.5, 0.6) is 0 Å². The van der Waals surface area contributed by atoms with Crippen LogP contribution in [0.1, 0.15) is 12.5 Å². The number of halogens is 1. The van der Waals surface area contributed by atoms with Crippen LogP contribution in [0.2, 0.25) is 0 Å². The first kappa shape index (κ1) is 14.1. The van der Waals surface area contributed by atoms with Crippen LogP contribution in [0.25, 0.3) is 11.1 Å². The van der Waals surface area contributed by atoms with Gasteiger partial charge in [0.05, 0.1) is 0 Å². The molecular formula is C16H15FN2OS. The van der Waals surface area contributed by atoms with Crippen LogP contribution in [-0.4, -0.2) is 11.5 Å². The zero-order valence-corrected chi connectivity index (χ0v) is 12.4. The second-order valence-corrected chi connectivity index (χ2v) is 5.65. The molecule has 1 heterocycles. The van der Waals surface area contributed by atoms with Crippen molar-refractivity contribution in [1.29, 1.82) is 0 Å². The molecule has 0 aliphatic carbocycles. The number of fused-ring (bicyclic) bond motifs is 1. The molecule has 0 radical (unpaired) electrons. The third-order valence-electron chi connectivity index (χ3n) is 2.99. The third kappa shape index (κ3) is 3.43. The highest BCUT2D eigenvalue weighted by Gasteiger charge is 2.09. The van der Waals surface area contributed by atoms with Crippen LogP contribution in [0.4, 0.5) is 4.39 Å². The summed E-state index contributed by atoms with van der Waals surface area (Å²) in [6, 6.07) is 12.6. The minimum absolute atomic E-state index is 0.246. The van der Waals surface area contributed by atoms with Crippen molar-refractivity contribution in [3.63, 3.8) is 0 Å². The molecule has 2 aromatic carbocycles. The van der Waals surface area contributed by atoms with Crippen LogP contribution in [-0.2, 0) is 6.54 Å². The summed E-state index contributed by atoms with van der Waals surface area (Å²) in [5, 5.41) is 3.71. The van der Waals surface area contributed by atoms with E-state index in [1.165, 1.54) is 17.8 Å². The van der Waals surface area contributed by atoms with Crippen LogP contribution in [0.15, 0.2) is 57.0 Å². The van der Waals surface area contributed by atoms with Gasteiger partial charge in [0.25, 0.3) is 5.22 Å². The fourth-order valence-electron chi connectivity index (χ4n) is 2.05. The van der Waals surface area contributed by atoms with Gasteiger partial charge in [0.2, 0.25) is 0 Å². The molecule has 21 heavy (non-hydrogen) atoms. The fourth-order valence-corrected chi connectivity index (χ4v) is 2.91. The second-order valence-electron chi connectivity index (χ2n) is 4.63. The van der Waals surface area contributed by atoms with Gasteiger partial charge in [-0.3, -0.25) is 0 Å². The van der Waals surface area contributed by atoms with Crippen molar-refractivity contribution in [2.45, 2.75) is 23.6 Å². The molecule has 0 unspecified atom stereocenters. The number of rotatable bonds is 5. The highest BCUT2D eigenvalue weighted by molar-refractivity contribution is 7.99. The summed E-state index contributed by atoms with van der Waals surface area (Å²) in [7, 11) is 0. The van der Waals surface area contributed by atoms with Crippen molar-refractivity contribution in [3.05, 3.63) is 53.8 Å².